The molecule has 0 fully saturated rings. The smallest absolute Gasteiger partial charge is 0.258 e. The molecule has 0 aliphatic heterocycles. The standard InChI is InChI=1S/C16H20N4O/c1-5-17-14-7-6-13(8-10(14)2)15(21)20-16-18-11(3)9-12(4)19-16/h6-9,17H,5H2,1-4H3,(H,18,19,20,21). The molecule has 0 bridgehead atoms. The van der Waals surface area contributed by atoms with Gasteiger partial charge in [0.15, 0.2) is 0 Å². The fraction of sp³-hybridized carbons (Fsp3) is 0.312. The molecule has 0 radical (unpaired) electrons. The van der Waals surface area contributed by atoms with Gasteiger partial charge in [-0.2, -0.15) is 0 Å². The third kappa shape index (κ3) is 3.78. The molecule has 5 heteroatoms. The highest BCUT2D eigenvalue weighted by Gasteiger charge is 2.10. The highest BCUT2D eigenvalue weighted by atomic mass is 16.1. The summed E-state index contributed by atoms with van der Waals surface area (Å²) in [5.74, 6) is 0.136. The molecule has 0 aliphatic carbocycles. The molecule has 2 rings (SSSR count). The van der Waals surface area contributed by atoms with Crippen molar-refractivity contribution in [2.75, 3.05) is 17.2 Å². The summed E-state index contributed by atoms with van der Waals surface area (Å²) in [5.41, 5.74) is 4.33. The first-order valence-corrected chi connectivity index (χ1v) is 6.97. The fourth-order valence-electron chi connectivity index (χ4n) is 2.15. The van der Waals surface area contributed by atoms with Gasteiger partial charge < -0.3 is 5.32 Å². The molecule has 0 aliphatic rings. The maximum Gasteiger partial charge on any atom is 0.258 e. The van der Waals surface area contributed by atoms with Crippen LogP contribution in [-0.4, -0.2) is 22.4 Å². The van der Waals surface area contributed by atoms with Crippen molar-refractivity contribution >= 4 is 17.5 Å². The van der Waals surface area contributed by atoms with E-state index in [2.05, 4.69) is 20.6 Å². The van der Waals surface area contributed by atoms with Crippen LogP contribution >= 0.6 is 0 Å². The van der Waals surface area contributed by atoms with Gasteiger partial charge in [-0.15, -0.1) is 0 Å². The Bertz CT molecular complexity index is 647. The Morgan fingerprint density at radius 3 is 2.33 bits per heavy atom. The lowest BCUT2D eigenvalue weighted by Gasteiger charge is -2.10. The van der Waals surface area contributed by atoms with Crippen LogP contribution in [-0.2, 0) is 0 Å². The number of aromatic nitrogens is 2. The molecule has 0 saturated heterocycles. The zero-order chi connectivity index (χ0) is 15.4. The first-order valence-electron chi connectivity index (χ1n) is 6.97. The molecular weight excluding hydrogens is 264 g/mol. The van der Waals surface area contributed by atoms with Gasteiger partial charge in [-0.25, -0.2) is 9.97 Å². The summed E-state index contributed by atoms with van der Waals surface area (Å²) in [5, 5.41) is 5.99. The third-order valence-corrected chi connectivity index (χ3v) is 3.06. The van der Waals surface area contributed by atoms with Gasteiger partial charge in [0.1, 0.15) is 0 Å². The maximum atomic E-state index is 12.2. The first-order chi connectivity index (χ1) is 9.99. The van der Waals surface area contributed by atoms with Gasteiger partial charge in [-0.1, -0.05) is 0 Å². The van der Waals surface area contributed by atoms with Crippen molar-refractivity contribution in [1.29, 1.82) is 0 Å². The SMILES string of the molecule is CCNc1ccc(C(=O)Nc2nc(C)cc(C)n2)cc1C. The van der Waals surface area contributed by atoms with Crippen LogP contribution in [0.5, 0.6) is 0 Å². The van der Waals surface area contributed by atoms with Gasteiger partial charge in [-0.05, 0) is 57.5 Å². The molecule has 0 saturated carbocycles. The Balaban J connectivity index is 2.18. The summed E-state index contributed by atoms with van der Waals surface area (Å²) in [6, 6.07) is 7.43. The molecule has 0 atom stereocenters. The lowest BCUT2D eigenvalue weighted by molar-refractivity contribution is 0.102. The van der Waals surface area contributed by atoms with Crippen LogP contribution in [0.15, 0.2) is 24.3 Å². The van der Waals surface area contributed by atoms with Crippen LogP contribution in [0.2, 0.25) is 0 Å². The van der Waals surface area contributed by atoms with Crippen molar-refractivity contribution in [3.8, 4) is 0 Å². The summed E-state index contributed by atoms with van der Waals surface area (Å²) in [6.07, 6.45) is 0. The topological polar surface area (TPSA) is 66.9 Å². The van der Waals surface area contributed by atoms with Gasteiger partial charge in [0, 0.05) is 29.2 Å². The van der Waals surface area contributed by atoms with Crippen LogP contribution < -0.4 is 10.6 Å². The van der Waals surface area contributed by atoms with Crippen LogP contribution in [0.3, 0.4) is 0 Å². The predicted octanol–water partition coefficient (Wildman–Crippen LogP) is 3.09. The Labute approximate surface area is 124 Å². The van der Waals surface area contributed by atoms with Crippen molar-refractivity contribution in [3.05, 3.63) is 46.8 Å². The van der Waals surface area contributed by atoms with Crippen LogP contribution in [0.4, 0.5) is 11.6 Å². The molecule has 0 spiro atoms. The van der Waals surface area contributed by atoms with Crippen molar-refractivity contribution in [2.45, 2.75) is 27.7 Å². The quantitative estimate of drug-likeness (QED) is 0.905. The lowest BCUT2D eigenvalue weighted by atomic mass is 10.1. The number of nitrogens with zero attached hydrogens (tertiary/aromatic N) is 2. The summed E-state index contributed by atoms with van der Waals surface area (Å²) in [6.45, 7) is 8.61. The fourth-order valence-corrected chi connectivity index (χ4v) is 2.15. The van der Waals surface area contributed by atoms with Gasteiger partial charge in [-0.3, -0.25) is 10.1 Å². The second-order valence-electron chi connectivity index (χ2n) is 4.99. The zero-order valence-corrected chi connectivity index (χ0v) is 12.8. The molecule has 2 aromatic rings. The highest BCUT2D eigenvalue weighted by Crippen LogP contribution is 2.17. The monoisotopic (exact) mass is 284 g/mol. The normalized spacial score (nSPS) is 10.3. The first kappa shape index (κ1) is 15.0. The molecule has 1 heterocycles. The minimum Gasteiger partial charge on any atom is -0.385 e. The Hall–Kier alpha value is -2.43. The van der Waals surface area contributed by atoms with Crippen LogP contribution in [0.1, 0.15) is 34.2 Å². The number of hydrogen-bond acceptors (Lipinski definition) is 4. The average Bonchev–Trinajstić information content (AvgIpc) is 2.40. The molecule has 0 unspecified atom stereocenters. The van der Waals surface area contributed by atoms with Gasteiger partial charge >= 0.3 is 0 Å². The number of carbonyl (C=O) groups is 1. The van der Waals surface area contributed by atoms with E-state index < -0.39 is 0 Å². The van der Waals surface area contributed by atoms with E-state index in [0.29, 0.717) is 11.5 Å². The van der Waals surface area contributed by atoms with E-state index >= 15 is 0 Å². The van der Waals surface area contributed by atoms with Crippen molar-refractivity contribution in [3.63, 3.8) is 0 Å². The number of carbonyl (C=O) groups excluding carboxylic acids is 1. The van der Waals surface area contributed by atoms with E-state index in [-0.39, 0.29) is 5.91 Å². The molecule has 1 aromatic carbocycles. The Kier molecular flexibility index (Phi) is 4.52. The largest absolute Gasteiger partial charge is 0.385 e. The second kappa shape index (κ2) is 6.35. The van der Waals surface area contributed by atoms with Gasteiger partial charge in [0.25, 0.3) is 5.91 Å². The summed E-state index contributed by atoms with van der Waals surface area (Å²) >= 11 is 0. The minimum absolute atomic E-state index is 0.203. The number of rotatable bonds is 4. The molecule has 5 nitrogen and oxygen atoms in total. The maximum absolute atomic E-state index is 12.2. The van der Waals surface area contributed by atoms with Crippen molar-refractivity contribution in [1.82, 2.24) is 9.97 Å². The molecule has 110 valence electrons. The Morgan fingerprint density at radius 1 is 1.10 bits per heavy atom. The average molecular weight is 284 g/mol. The van der Waals surface area contributed by atoms with Crippen LogP contribution in [0, 0.1) is 20.8 Å². The summed E-state index contributed by atoms with van der Waals surface area (Å²) < 4.78 is 0. The van der Waals surface area contributed by atoms with E-state index in [4.69, 9.17) is 0 Å². The number of benzene rings is 1. The lowest BCUT2D eigenvalue weighted by Crippen LogP contribution is -2.15. The molecule has 2 N–H and O–H groups in total. The predicted molar refractivity (Wildman–Crippen MR) is 84.8 cm³/mol. The summed E-state index contributed by atoms with van der Waals surface area (Å²) in [7, 11) is 0. The van der Waals surface area contributed by atoms with Crippen LogP contribution in [0.25, 0.3) is 0 Å². The zero-order valence-electron chi connectivity index (χ0n) is 12.8. The number of anilines is 2. The van der Waals surface area contributed by atoms with Gasteiger partial charge in [0.05, 0.1) is 0 Å². The van der Waals surface area contributed by atoms with E-state index in [9.17, 15) is 4.79 Å². The molecule has 21 heavy (non-hydrogen) atoms. The molecular formula is C16H20N4O. The van der Waals surface area contributed by atoms with E-state index in [1.165, 1.54) is 0 Å². The Morgan fingerprint density at radius 2 is 1.76 bits per heavy atom. The van der Waals surface area contributed by atoms with Crippen molar-refractivity contribution < 1.29 is 4.79 Å². The van der Waals surface area contributed by atoms with E-state index in [0.717, 1.165) is 29.2 Å². The van der Waals surface area contributed by atoms with Crippen molar-refractivity contribution in [2.24, 2.45) is 0 Å². The molecule has 1 amide bonds. The van der Waals surface area contributed by atoms with E-state index in [1.54, 1.807) is 6.07 Å². The summed E-state index contributed by atoms with van der Waals surface area (Å²) in [4.78, 5) is 20.7. The second-order valence-corrected chi connectivity index (χ2v) is 4.99. The number of hydrogen-bond donors (Lipinski definition) is 2. The third-order valence-electron chi connectivity index (χ3n) is 3.06. The number of aryl methyl sites for hydroxylation is 3. The minimum atomic E-state index is -0.203. The number of nitrogens with one attached hydrogen (secondary N) is 2. The number of amides is 1. The molecule has 1 aromatic heterocycles. The van der Waals surface area contributed by atoms with E-state index in [1.807, 2.05) is 45.9 Å². The highest BCUT2D eigenvalue weighted by molar-refractivity contribution is 6.03. The van der Waals surface area contributed by atoms with Gasteiger partial charge in [0.2, 0.25) is 5.95 Å².